The van der Waals surface area contributed by atoms with Crippen molar-refractivity contribution in [3.63, 3.8) is 0 Å². The molecule has 3 heterocycles. The molecule has 0 saturated carbocycles. The van der Waals surface area contributed by atoms with Crippen LogP contribution in [0.15, 0.2) is 55.1 Å². The van der Waals surface area contributed by atoms with Gasteiger partial charge < -0.3 is 10.2 Å². The van der Waals surface area contributed by atoms with Crippen molar-refractivity contribution in [1.29, 1.82) is 0 Å². The molecule has 4 rings (SSSR count). The number of anilines is 1. The average molecular weight is 369 g/mol. The monoisotopic (exact) mass is 369 g/mol. The summed E-state index contributed by atoms with van der Waals surface area (Å²) < 4.78 is 0. The number of hydrogen-bond donors (Lipinski definition) is 1. The topological polar surface area (TPSA) is 71.0 Å². The minimum Gasteiger partial charge on any atom is -0.348 e. The molecule has 1 aliphatic rings. The van der Waals surface area contributed by atoms with Crippen molar-refractivity contribution in [3.8, 4) is 23.4 Å². The fraction of sp³-hybridized carbons (Fsp3) is 0.182. The van der Waals surface area contributed by atoms with Crippen LogP contribution in [0, 0.1) is 12.0 Å². The predicted octanol–water partition coefficient (Wildman–Crippen LogP) is 2.81. The highest BCUT2D eigenvalue weighted by atomic mass is 16.1. The summed E-state index contributed by atoms with van der Waals surface area (Å²) >= 11 is 0. The summed E-state index contributed by atoms with van der Waals surface area (Å²) in [5.74, 6) is 3.34. The van der Waals surface area contributed by atoms with E-state index >= 15 is 0 Å². The number of aromatic nitrogens is 3. The van der Waals surface area contributed by atoms with Crippen LogP contribution in [0.25, 0.3) is 11.4 Å². The van der Waals surface area contributed by atoms with Gasteiger partial charge in [-0.1, -0.05) is 12.0 Å². The molecular formula is C22H19N5O. The van der Waals surface area contributed by atoms with Gasteiger partial charge in [0.25, 0.3) is 5.91 Å². The van der Waals surface area contributed by atoms with E-state index in [0.717, 1.165) is 29.8 Å². The Kier molecular flexibility index (Phi) is 4.98. The highest BCUT2D eigenvalue weighted by Gasteiger charge is 2.18. The van der Waals surface area contributed by atoms with Crippen LogP contribution in [0.5, 0.6) is 0 Å². The van der Waals surface area contributed by atoms with Crippen molar-refractivity contribution in [3.05, 3.63) is 71.8 Å². The number of nitrogens with one attached hydrogen (secondary N) is 1. The summed E-state index contributed by atoms with van der Waals surface area (Å²) in [6.07, 6.45) is 7.49. The molecule has 0 atom stereocenters. The van der Waals surface area contributed by atoms with Gasteiger partial charge in [-0.15, -0.1) is 0 Å². The Morgan fingerprint density at radius 1 is 1.21 bits per heavy atom. The first-order valence-electron chi connectivity index (χ1n) is 9.07. The Labute approximate surface area is 163 Å². The summed E-state index contributed by atoms with van der Waals surface area (Å²) in [5, 5.41) is 2.85. The van der Waals surface area contributed by atoms with Crippen molar-refractivity contribution in [1.82, 2.24) is 20.3 Å². The molecule has 0 bridgehead atoms. The molecule has 0 radical (unpaired) electrons. The van der Waals surface area contributed by atoms with E-state index in [0.29, 0.717) is 17.9 Å². The quantitative estimate of drug-likeness (QED) is 0.716. The number of carbonyl (C=O) groups excluding carboxylic acids is 1. The Morgan fingerprint density at radius 2 is 2.07 bits per heavy atom. The van der Waals surface area contributed by atoms with Gasteiger partial charge in [0.15, 0.2) is 5.82 Å². The molecule has 1 aromatic carbocycles. The zero-order valence-corrected chi connectivity index (χ0v) is 15.5. The molecule has 0 saturated heterocycles. The van der Waals surface area contributed by atoms with Gasteiger partial charge in [0, 0.05) is 49.5 Å². The SMILES string of the molecule is CC#CN1CCc2cc(-c3ncc(C(=O)NCc4cccnc4)cn3)ccc21. The Hall–Kier alpha value is -3.72. The van der Waals surface area contributed by atoms with Crippen molar-refractivity contribution in [2.75, 3.05) is 11.4 Å². The number of hydrogen-bond acceptors (Lipinski definition) is 5. The van der Waals surface area contributed by atoms with Crippen molar-refractivity contribution < 1.29 is 4.79 Å². The third kappa shape index (κ3) is 3.69. The van der Waals surface area contributed by atoms with Gasteiger partial charge in [-0.25, -0.2) is 9.97 Å². The van der Waals surface area contributed by atoms with Crippen LogP contribution in [0.3, 0.4) is 0 Å². The van der Waals surface area contributed by atoms with E-state index in [1.54, 1.807) is 24.8 Å². The lowest BCUT2D eigenvalue weighted by Gasteiger charge is -2.11. The molecule has 138 valence electrons. The maximum Gasteiger partial charge on any atom is 0.254 e. The third-order valence-electron chi connectivity index (χ3n) is 4.57. The average Bonchev–Trinajstić information content (AvgIpc) is 3.15. The van der Waals surface area contributed by atoms with Gasteiger partial charge in [-0.2, -0.15) is 0 Å². The number of rotatable bonds is 4. The highest BCUT2D eigenvalue weighted by Crippen LogP contribution is 2.30. The number of pyridine rings is 1. The van der Waals surface area contributed by atoms with E-state index in [9.17, 15) is 4.79 Å². The molecule has 2 aromatic heterocycles. The fourth-order valence-corrected chi connectivity index (χ4v) is 3.17. The second-order valence-corrected chi connectivity index (χ2v) is 6.45. The lowest BCUT2D eigenvalue weighted by atomic mass is 10.1. The van der Waals surface area contributed by atoms with Gasteiger partial charge in [0.1, 0.15) is 0 Å². The van der Waals surface area contributed by atoms with Gasteiger partial charge in [-0.3, -0.25) is 9.78 Å². The standard InChI is InChI=1S/C22H19N5O/c1-2-9-27-10-7-17-11-18(5-6-20(17)27)21-24-14-19(15-25-21)22(28)26-13-16-4-3-8-23-12-16/h3-6,8,11-12,14-15H,7,10,13H2,1H3,(H,26,28). The van der Waals surface area contributed by atoms with Crippen LogP contribution in [0.1, 0.15) is 28.4 Å². The maximum absolute atomic E-state index is 12.3. The van der Waals surface area contributed by atoms with Crippen molar-refractivity contribution in [2.24, 2.45) is 0 Å². The van der Waals surface area contributed by atoms with E-state index in [4.69, 9.17) is 0 Å². The Balaban J connectivity index is 1.46. The second kappa shape index (κ2) is 7.89. The van der Waals surface area contributed by atoms with Gasteiger partial charge in [0.05, 0.1) is 11.3 Å². The largest absolute Gasteiger partial charge is 0.348 e. The van der Waals surface area contributed by atoms with Crippen LogP contribution < -0.4 is 10.2 Å². The number of benzene rings is 1. The predicted molar refractivity (Wildman–Crippen MR) is 107 cm³/mol. The van der Waals surface area contributed by atoms with E-state index < -0.39 is 0 Å². The van der Waals surface area contributed by atoms with E-state index in [-0.39, 0.29) is 5.91 Å². The first-order chi connectivity index (χ1) is 13.7. The summed E-state index contributed by atoms with van der Waals surface area (Å²) in [7, 11) is 0. The number of nitrogens with zero attached hydrogens (tertiary/aromatic N) is 4. The van der Waals surface area contributed by atoms with Crippen LogP contribution in [-0.2, 0) is 13.0 Å². The van der Waals surface area contributed by atoms with E-state index in [1.807, 2.05) is 25.1 Å². The lowest BCUT2D eigenvalue weighted by Crippen LogP contribution is -2.23. The van der Waals surface area contributed by atoms with Crippen LogP contribution in [0.2, 0.25) is 0 Å². The normalized spacial score (nSPS) is 12.1. The van der Waals surface area contributed by atoms with E-state index in [1.165, 1.54) is 5.56 Å². The van der Waals surface area contributed by atoms with E-state index in [2.05, 4.69) is 49.3 Å². The van der Waals surface area contributed by atoms with Gasteiger partial charge in [-0.05, 0) is 48.7 Å². The molecule has 6 heteroatoms. The van der Waals surface area contributed by atoms with Crippen LogP contribution >= 0.6 is 0 Å². The molecular weight excluding hydrogens is 350 g/mol. The molecule has 1 aliphatic heterocycles. The second-order valence-electron chi connectivity index (χ2n) is 6.45. The summed E-state index contributed by atoms with van der Waals surface area (Å²) in [4.78, 5) is 27.1. The summed E-state index contributed by atoms with van der Waals surface area (Å²) in [6, 6.07) is 13.0. The van der Waals surface area contributed by atoms with Gasteiger partial charge >= 0.3 is 0 Å². The fourth-order valence-electron chi connectivity index (χ4n) is 3.17. The van der Waals surface area contributed by atoms with Crippen LogP contribution in [-0.4, -0.2) is 27.4 Å². The number of amides is 1. The Morgan fingerprint density at radius 3 is 2.82 bits per heavy atom. The molecule has 0 aliphatic carbocycles. The van der Waals surface area contributed by atoms with Gasteiger partial charge in [0.2, 0.25) is 0 Å². The minimum absolute atomic E-state index is 0.210. The summed E-state index contributed by atoms with van der Waals surface area (Å²) in [5.41, 5.74) is 4.69. The molecule has 0 fully saturated rings. The van der Waals surface area contributed by atoms with Crippen molar-refractivity contribution >= 4 is 11.6 Å². The molecule has 0 spiro atoms. The molecule has 28 heavy (non-hydrogen) atoms. The lowest BCUT2D eigenvalue weighted by molar-refractivity contribution is 0.0950. The van der Waals surface area contributed by atoms with Crippen molar-refractivity contribution in [2.45, 2.75) is 19.9 Å². The Bertz CT molecular complexity index is 1050. The van der Waals surface area contributed by atoms with Crippen LogP contribution in [0.4, 0.5) is 5.69 Å². The maximum atomic E-state index is 12.3. The molecule has 6 nitrogen and oxygen atoms in total. The zero-order chi connectivity index (χ0) is 19.3. The molecule has 1 N–H and O–H groups in total. The minimum atomic E-state index is -0.210. The highest BCUT2D eigenvalue weighted by molar-refractivity contribution is 5.93. The zero-order valence-electron chi connectivity index (χ0n) is 15.5. The number of fused-ring (bicyclic) bond motifs is 1. The first kappa shape index (κ1) is 17.7. The smallest absolute Gasteiger partial charge is 0.254 e. The number of carbonyl (C=O) groups is 1. The molecule has 1 amide bonds. The summed E-state index contributed by atoms with van der Waals surface area (Å²) in [6.45, 7) is 3.15. The first-order valence-corrected chi connectivity index (χ1v) is 9.07. The molecule has 0 unspecified atom stereocenters. The molecule has 3 aromatic rings. The third-order valence-corrected chi connectivity index (χ3v) is 4.57.